The molecule has 0 fully saturated rings. The fourth-order valence-electron chi connectivity index (χ4n) is 1.48. The molecule has 18 heavy (non-hydrogen) atoms. The molecule has 1 rings (SSSR count). The first-order valence-electron chi connectivity index (χ1n) is 5.07. The van der Waals surface area contributed by atoms with E-state index >= 15 is 0 Å². The van der Waals surface area contributed by atoms with Crippen LogP contribution in [0.5, 0.6) is 0 Å². The summed E-state index contributed by atoms with van der Waals surface area (Å²) in [6.45, 7) is 0. The van der Waals surface area contributed by atoms with Gasteiger partial charge in [0.1, 0.15) is 0 Å². The minimum Gasteiger partial charge on any atom is -0.481 e. The van der Waals surface area contributed by atoms with Crippen molar-refractivity contribution in [3.8, 4) is 0 Å². The molecule has 0 amide bonds. The third kappa shape index (κ3) is 3.90. The number of hydrogen-bond donors (Lipinski definition) is 2. The summed E-state index contributed by atoms with van der Waals surface area (Å²) in [4.78, 5) is 10.4. The maximum Gasteiger partial charge on any atom is 0.303 e. The predicted molar refractivity (Wildman–Crippen MR) is 72.9 cm³/mol. The van der Waals surface area contributed by atoms with Gasteiger partial charge in [0, 0.05) is 17.0 Å². The number of carbonyl (C=O) groups is 1. The summed E-state index contributed by atoms with van der Waals surface area (Å²) < 4.78 is 0. The number of benzene rings is 1. The highest BCUT2D eigenvalue weighted by molar-refractivity contribution is 6.49. The number of carboxylic acid groups (broad SMARTS) is 1. The minimum atomic E-state index is -0.973. The van der Waals surface area contributed by atoms with Crippen LogP contribution in [0.1, 0.15) is 30.9 Å². The maximum absolute atomic E-state index is 10.4. The van der Waals surface area contributed by atoms with Crippen LogP contribution >= 0.6 is 46.4 Å². The van der Waals surface area contributed by atoms with Crippen LogP contribution < -0.4 is 0 Å². The van der Waals surface area contributed by atoms with Gasteiger partial charge in [0.05, 0.1) is 21.2 Å². The van der Waals surface area contributed by atoms with Gasteiger partial charge in [0.25, 0.3) is 0 Å². The van der Waals surface area contributed by atoms with E-state index in [2.05, 4.69) is 0 Å². The molecule has 0 radical (unpaired) electrons. The van der Waals surface area contributed by atoms with E-state index in [0.717, 1.165) is 0 Å². The molecule has 0 aliphatic rings. The van der Waals surface area contributed by atoms with Crippen LogP contribution in [0.15, 0.2) is 6.07 Å². The van der Waals surface area contributed by atoms with Crippen molar-refractivity contribution in [2.75, 3.05) is 0 Å². The second kappa shape index (κ2) is 6.83. The van der Waals surface area contributed by atoms with E-state index in [1.807, 2.05) is 0 Å². The Kier molecular flexibility index (Phi) is 6.02. The number of aliphatic carboxylic acids is 1. The summed E-state index contributed by atoms with van der Waals surface area (Å²) in [5.74, 6) is -0.923. The monoisotopic (exact) mass is 330 g/mol. The highest BCUT2D eigenvalue weighted by Crippen LogP contribution is 2.41. The molecule has 3 nitrogen and oxygen atoms in total. The lowest BCUT2D eigenvalue weighted by Gasteiger charge is -2.15. The van der Waals surface area contributed by atoms with E-state index in [1.165, 1.54) is 6.07 Å². The van der Waals surface area contributed by atoms with Crippen molar-refractivity contribution in [2.24, 2.45) is 0 Å². The van der Waals surface area contributed by atoms with Crippen LogP contribution in [-0.4, -0.2) is 16.2 Å². The van der Waals surface area contributed by atoms with Crippen LogP contribution in [0, 0.1) is 0 Å². The van der Waals surface area contributed by atoms with Crippen LogP contribution in [0.25, 0.3) is 0 Å². The number of halogens is 4. The standard InChI is InChI=1S/C11H10Cl4O3/c12-5-4-6(13)10(14)11(15)9(5)7(16)2-1-3-8(17)18/h4,7,16H,1-3H2,(H,17,18). The molecular weight excluding hydrogens is 322 g/mol. The molecule has 1 aromatic rings. The number of aliphatic hydroxyl groups excluding tert-OH is 1. The zero-order valence-electron chi connectivity index (χ0n) is 9.09. The average molecular weight is 332 g/mol. The van der Waals surface area contributed by atoms with Crippen molar-refractivity contribution in [1.82, 2.24) is 0 Å². The van der Waals surface area contributed by atoms with Crippen LogP contribution in [0.3, 0.4) is 0 Å². The molecule has 0 aromatic heterocycles. The second-order valence-corrected chi connectivity index (χ2v) is 5.25. The normalized spacial score (nSPS) is 12.5. The van der Waals surface area contributed by atoms with Gasteiger partial charge >= 0.3 is 5.97 Å². The fourth-order valence-corrected chi connectivity index (χ4v) is 2.65. The number of rotatable bonds is 5. The first-order chi connectivity index (χ1) is 8.34. The summed E-state index contributed by atoms with van der Waals surface area (Å²) in [6, 6.07) is 1.40. The van der Waals surface area contributed by atoms with Crippen molar-refractivity contribution in [1.29, 1.82) is 0 Å². The molecule has 7 heteroatoms. The summed E-state index contributed by atoms with van der Waals surface area (Å²) >= 11 is 23.5. The van der Waals surface area contributed by atoms with Crippen molar-refractivity contribution >= 4 is 52.4 Å². The Bertz CT molecular complexity index is 462. The molecule has 0 aliphatic carbocycles. The van der Waals surface area contributed by atoms with Gasteiger partial charge in [-0.3, -0.25) is 4.79 Å². The largest absolute Gasteiger partial charge is 0.481 e. The molecule has 0 saturated carbocycles. The average Bonchev–Trinajstić information content (AvgIpc) is 2.25. The number of aliphatic hydroxyl groups is 1. The molecule has 0 heterocycles. The smallest absolute Gasteiger partial charge is 0.303 e. The topological polar surface area (TPSA) is 57.5 Å². The zero-order chi connectivity index (χ0) is 13.9. The van der Waals surface area contributed by atoms with Gasteiger partial charge in [-0.2, -0.15) is 0 Å². The highest BCUT2D eigenvalue weighted by atomic mass is 35.5. The summed E-state index contributed by atoms with van der Waals surface area (Å²) in [5.41, 5.74) is 0.276. The van der Waals surface area contributed by atoms with Gasteiger partial charge in [0.15, 0.2) is 0 Å². The lowest BCUT2D eigenvalue weighted by molar-refractivity contribution is -0.137. The van der Waals surface area contributed by atoms with E-state index in [0.29, 0.717) is 6.42 Å². The van der Waals surface area contributed by atoms with Crippen LogP contribution in [-0.2, 0) is 4.79 Å². The molecule has 0 saturated heterocycles. The Labute approximate surface area is 124 Å². The number of carboxylic acids is 1. The first-order valence-corrected chi connectivity index (χ1v) is 6.58. The molecule has 1 atom stereocenters. The van der Waals surface area contributed by atoms with Crippen LogP contribution in [0.2, 0.25) is 20.1 Å². The van der Waals surface area contributed by atoms with Gasteiger partial charge in [0.2, 0.25) is 0 Å². The van der Waals surface area contributed by atoms with E-state index in [9.17, 15) is 9.90 Å². The predicted octanol–water partition coefficient (Wildman–Crippen LogP) is 4.59. The van der Waals surface area contributed by atoms with E-state index < -0.39 is 12.1 Å². The molecule has 100 valence electrons. The van der Waals surface area contributed by atoms with E-state index in [4.69, 9.17) is 51.5 Å². The molecule has 0 spiro atoms. The first kappa shape index (κ1) is 15.9. The SMILES string of the molecule is O=C(O)CCCC(O)c1c(Cl)cc(Cl)c(Cl)c1Cl. The highest BCUT2D eigenvalue weighted by Gasteiger charge is 2.20. The molecule has 0 bridgehead atoms. The van der Waals surface area contributed by atoms with Gasteiger partial charge in [-0.05, 0) is 18.9 Å². The van der Waals surface area contributed by atoms with Crippen LogP contribution in [0.4, 0.5) is 0 Å². The maximum atomic E-state index is 10.4. The Balaban J connectivity index is 2.89. The molecular formula is C11H10Cl4O3. The van der Waals surface area contributed by atoms with Crippen molar-refractivity contribution in [2.45, 2.75) is 25.4 Å². The molecule has 0 aliphatic heterocycles. The van der Waals surface area contributed by atoms with E-state index in [1.54, 1.807) is 0 Å². The van der Waals surface area contributed by atoms with Crippen molar-refractivity contribution in [3.63, 3.8) is 0 Å². The number of hydrogen-bond acceptors (Lipinski definition) is 2. The van der Waals surface area contributed by atoms with Gasteiger partial charge < -0.3 is 10.2 Å². The third-order valence-electron chi connectivity index (χ3n) is 2.35. The Hall–Kier alpha value is -0.190. The van der Waals surface area contributed by atoms with Gasteiger partial charge in [-0.1, -0.05) is 46.4 Å². The Morgan fingerprint density at radius 2 is 1.78 bits per heavy atom. The molecule has 1 aromatic carbocycles. The van der Waals surface area contributed by atoms with Gasteiger partial charge in [-0.25, -0.2) is 0 Å². The second-order valence-electron chi connectivity index (χ2n) is 3.68. The zero-order valence-corrected chi connectivity index (χ0v) is 12.1. The Morgan fingerprint density at radius 3 is 2.33 bits per heavy atom. The molecule has 1 unspecified atom stereocenters. The quantitative estimate of drug-likeness (QED) is 0.613. The van der Waals surface area contributed by atoms with Gasteiger partial charge in [-0.15, -0.1) is 0 Å². The summed E-state index contributed by atoms with van der Waals surface area (Å²) in [7, 11) is 0. The minimum absolute atomic E-state index is 0.0341. The fraction of sp³-hybridized carbons (Fsp3) is 0.364. The van der Waals surface area contributed by atoms with Crippen molar-refractivity contribution < 1.29 is 15.0 Å². The van der Waals surface area contributed by atoms with Crippen molar-refractivity contribution in [3.05, 3.63) is 31.7 Å². The lowest BCUT2D eigenvalue weighted by atomic mass is 10.0. The third-order valence-corrected chi connectivity index (χ3v) is 3.94. The summed E-state index contributed by atoms with van der Waals surface area (Å²) in [6.07, 6.45) is -0.472. The Morgan fingerprint density at radius 1 is 1.17 bits per heavy atom. The van der Waals surface area contributed by atoms with E-state index in [-0.39, 0.29) is 38.5 Å². The molecule has 2 N–H and O–H groups in total. The summed E-state index contributed by atoms with van der Waals surface area (Å²) in [5, 5.41) is 19.1. The lowest BCUT2D eigenvalue weighted by Crippen LogP contribution is -2.02.